The molecule has 62 valence electrons. The zero-order valence-corrected chi connectivity index (χ0v) is 9.36. The number of unbranched alkanes of at least 4 members (excludes halogenated alkanes) is 2. The van der Waals surface area contributed by atoms with Crippen molar-refractivity contribution in [1.29, 1.82) is 0 Å². The van der Waals surface area contributed by atoms with Crippen LogP contribution in [0.5, 0.6) is 0 Å². The molecule has 0 nitrogen and oxygen atoms in total. The average molecular weight is 254 g/mol. The molecule has 0 radical (unpaired) electrons. The van der Waals surface area contributed by atoms with Crippen molar-refractivity contribution in [2.24, 2.45) is 0 Å². The van der Waals surface area contributed by atoms with E-state index in [1.807, 2.05) is 0 Å². The van der Waals surface area contributed by atoms with Crippen LogP contribution >= 0.6 is 22.6 Å². The van der Waals surface area contributed by atoms with Crippen molar-refractivity contribution in [3.8, 4) is 0 Å². The summed E-state index contributed by atoms with van der Waals surface area (Å²) in [7, 11) is 0. The van der Waals surface area contributed by atoms with Crippen molar-refractivity contribution >= 4 is 22.6 Å². The van der Waals surface area contributed by atoms with Crippen molar-refractivity contribution in [1.82, 2.24) is 0 Å². The Labute approximate surface area is 78.9 Å². The highest BCUT2D eigenvalue weighted by atomic mass is 127. The third-order valence-electron chi connectivity index (χ3n) is 1.72. The number of rotatable bonds is 6. The van der Waals surface area contributed by atoms with Gasteiger partial charge in [0, 0.05) is 3.92 Å². The van der Waals surface area contributed by atoms with E-state index in [0.717, 1.165) is 3.92 Å². The second-order valence-electron chi connectivity index (χ2n) is 2.88. The van der Waals surface area contributed by atoms with Crippen molar-refractivity contribution < 1.29 is 0 Å². The van der Waals surface area contributed by atoms with Gasteiger partial charge >= 0.3 is 0 Å². The van der Waals surface area contributed by atoms with Gasteiger partial charge in [-0.1, -0.05) is 62.1 Å². The Kier molecular flexibility index (Phi) is 8.40. The fraction of sp³-hybridized carbons (Fsp3) is 1.00. The Hall–Kier alpha value is 0.730. The molecule has 1 atom stereocenters. The fourth-order valence-electron chi connectivity index (χ4n) is 1.07. The first kappa shape index (κ1) is 10.7. The molecule has 0 amide bonds. The minimum atomic E-state index is 0.939. The quantitative estimate of drug-likeness (QED) is 0.379. The summed E-state index contributed by atoms with van der Waals surface area (Å²) in [5, 5.41) is 0. The predicted molar refractivity (Wildman–Crippen MR) is 56.9 cm³/mol. The molecule has 0 aromatic rings. The average Bonchev–Trinajstić information content (AvgIpc) is 1.89. The van der Waals surface area contributed by atoms with Crippen LogP contribution in [0.25, 0.3) is 0 Å². The molecule has 1 heteroatoms. The van der Waals surface area contributed by atoms with E-state index in [0.29, 0.717) is 0 Å². The maximum atomic E-state index is 2.58. The molecule has 0 rings (SSSR count). The SMILES string of the molecule is CCCCCC(I)CCC. The Morgan fingerprint density at radius 3 is 2.20 bits per heavy atom. The third kappa shape index (κ3) is 6.84. The van der Waals surface area contributed by atoms with Gasteiger partial charge in [-0.2, -0.15) is 0 Å². The van der Waals surface area contributed by atoms with Crippen LogP contribution in [0.4, 0.5) is 0 Å². The van der Waals surface area contributed by atoms with E-state index >= 15 is 0 Å². The molecule has 10 heavy (non-hydrogen) atoms. The Balaban J connectivity index is 2.97. The lowest BCUT2D eigenvalue weighted by Crippen LogP contribution is -1.95. The molecule has 0 N–H and O–H groups in total. The van der Waals surface area contributed by atoms with E-state index in [4.69, 9.17) is 0 Å². The minimum Gasteiger partial charge on any atom is -0.0826 e. The molecule has 0 heterocycles. The lowest BCUT2D eigenvalue weighted by molar-refractivity contribution is 0.627. The molecule has 0 saturated carbocycles. The summed E-state index contributed by atoms with van der Waals surface area (Å²) in [6.45, 7) is 4.54. The first-order valence-corrected chi connectivity index (χ1v) is 5.69. The molecule has 0 aromatic carbocycles. The van der Waals surface area contributed by atoms with Crippen LogP contribution in [0.15, 0.2) is 0 Å². The van der Waals surface area contributed by atoms with Gasteiger partial charge in [0.15, 0.2) is 0 Å². The standard InChI is InChI=1S/C9H19I/c1-3-5-6-8-9(10)7-4-2/h9H,3-8H2,1-2H3. The smallest absolute Gasteiger partial charge is 0.0109 e. The Bertz CT molecular complexity index is 61.7. The van der Waals surface area contributed by atoms with Crippen LogP contribution in [-0.2, 0) is 0 Å². The number of halogens is 1. The summed E-state index contributed by atoms with van der Waals surface area (Å²) in [5.74, 6) is 0. The van der Waals surface area contributed by atoms with Crippen LogP contribution in [0, 0.1) is 0 Å². The maximum absolute atomic E-state index is 2.58. The lowest BCUT2D eigenvalue weighted by Gasteiger charge is -2.06. The van der Waals surface area contributed by atoms with Gasteiger partial charge < -0.3 is 0 Å². The molecule has 0 saturated heterocycles. The molecular weight excluding hydrogens is 235 g/mol. The van der Waals surface area contributed by atoms with Gasteiger partial charge in [0.2, 0.25) is 0 Å². The van der Waals surface area contributed by atoms with Gasteiger partial charge in [-0.25, -0.2) is 0 Å². The zero-order valence-electron chi connectivity index (χ0n) is 7.20. The predicted octanol–water partition coefficient (Wildman–Crippen LogP) is 4.17. The van der Waals surface area contributed by atoms with Gasteiger partial charge in [0.1, 0.15) is 0 Å². The van der Waals surface area contributed by atoms with Gasteiger partial charge in [-0.3, -0.25) is 0 Å². The first-order valence-electron chi connectivity index (χ1n) is 4.45. The summed E-state index contributed by atoms with van der Waals surface area (Å²) in [4.78, 5) is 0. The maximum Gasteiger partial charge on any atom is 0.0109 e. The molecule has 1 unspecified atom stereocenters. The van der Waals surface area contributed by atoms with Gasteiger partial charge in [0.25, 0.3) is 0 Å². The fourth-order valence-corrected chi connectivity index (χ4v) is 2.14. The van der Waals surface area contributed by atoms with Crippen LogP contribution in [0.1, 0.15) is 52.4 Å². The zero-order chi connectivity index (χ0) is 7.82. The number of hydrogen-bond donors (Lipinski definition) is 0. The summed E-state index contributed by atoms with van der Waals surface area (Å²) >= 11 is 2.58. The largest absolute Gasteiger partial charge is 0.0826 e. The van der Waals surface area contributed by atoms with Crippen molar-refractivity contribution in [3.63, 3.8) is 0 Å². The third-order valence-corrected chi connectivity index (χ3v) is 2.97. The van der Waals surface area contributed by atoms with Crippen LogP contribution in [0.3, 0.4) is 0 Å². The molecular formula is C9H19I. The van der Waals surface area contributed by atoms with E-state index in [1.165, 1.54) is 38.5 Å². The van der Waals surface area contributed by atoms with Gasteiger partial charge in [-0.05, 0) is 12.8 Å². The Morgan fingerprint density at radius 2 is 1.70 bits per heavy atom. The van der Waals surface area contributed by atoms with Crippen molar-refractivity contribution in [3.05, 3.63) is 0 Å². The van der Waals surface area contributed by atoms with Gasteiger partial charge in [0.05, 0.1) is 0 Å². The van der Waals surface area contributed by atoms with E-state index in [2.05, 4.69) is 36.4 Å². The number of alkyl halides is 1. The van der Waals surface area contributed by atoms with E-state index in [-0.39, 0.29) is 0 Å². The van der Waals surface area contributed by atoms with E-state index < -0.39 is 0 Å². The normalized spacial score (nSPS) is 13.5. The van der Waals surface area contributed by atoms with Crippen LogP contribution in [-0.4, -0.2) is 3.92 Å². The molecule has 0 bridgehead atoms. The topological polar surface area (TPSA) is 0 Å². The van der Waals surface area contributed by atoms with Crippen LogP contribution < -0.4 is 0 Å². The van der Waals surface area contributed by atoms with Crippen molar-refractivity contribution in [2.75, 3.05) is 0 Å². The summed E-state index contributed by atoms with van der Waals surface area (Å²) in [6.07, 6.45) is 8.40. The number of hydrogen-bond acceptors (Lipinski definition) is 0. The highest BCUT2D eigenvalue weighted by Gasteiger charge is 2.00. The van der Waals surface area contributed by atoms with Crippen molar-refractivity contribution in [2.45, 2.75) is 56.3 Å². The summed E-state index contributed by atoms with van der Waals surface area (Å²) in [6, 6.07) is 0. The lowest BCUT2D eigenvalue weighted by atomic mass is 10.1. The van der Waals surface area contributed by atoms with Gasteiger partial charge in [-0.15, -0.1) is 0 Å². The molecule has 0 aliphatic carbocycles. The van der Waals surface area contributed by atoms with Crippen LogP contribution in [0.2, 0.25) is 0 Å². The Morgan fingerprint density at radius 1 is 1.00 bits per heavy atom. The summed E-state index contributed by atoms with van der Waals surface area (Å²) in [5.41, 5.74) is 0. The summed E-state index contributed by atoms with van der Waals surface area (Å²) < 4.78 is 0.939. The van der Waals surface area contributed by atoms with E-state index in [1.54, 1.807) is 0 Å². The second-order valence-corrected chi connectivity index (χ2v) is 4.64. The first-order chi connectivity index (χ1) is 4.81. The second kappa shape index (κ2) is 7.83. The van der Waals surface area contributed by atoms with E-state index in [9.17, 15) is 0 Å². The highest BCUT2D eigenvalue weighted by Crippen LogP contribution is 2.16. The molecule has 0 aliphatic rings. The molecule has 0 aromatic heterocycles. The molecule has 0 aliphatic heterocycles. The molecule has 0 spiro atoms. The highest BCUT2D eigenvalue weighted by molar-refractivity contribution is 14.1. The minimum absolute atomic E-state index is 0.939. The molecule has 0 fully saturated rings. The monoisotopic (exact) mass is 254 g/mol.